The van der Waals surface area contributed by atoms with E-state index in [4.69, 9.17) is 0 Å². The molecule has 9 heteroatoms. The van der Waals surface area contributed by atoms with Gasteiger partial charge in [-0.15, -0.1) is 0 Å². The SMILES string of the molecule is Cc1c(C(=O)N2CCC(c3nc4ccc(F)cc4[nH]3)CC2)sc2nc(-c3ccc(F)cc3)cn12. The molecular weight excluding hydrogens is 456 g/mol. The number of nitrogens with zero attached hydrogens (tertiary/aromatic N) is 4. The van der Waals surface area contributed by atoms with E-state index < -0.39 is 0 Å². The van der Waals surface area contributed by atoms with Gasteiger partial charge in [-0.2, -0.15) is 0 Å². The van der Waals surface area contributed by atoms with Gasteiger partial charge in [-0.1, -0.05) is 11.3 Å². The summed E-state index contributed by atoms with van der Waals surface area (Å²) in [5.74, 6) is 0.505. The van der Waals surface area contributed by atoms with Gasteiger partial charge in [0.25, 0.3) is 5.91 Å². The molecule has 0 saturated carbocycles. The fourth-order valence-electron chi connectivity index (χ4n) is 4.60. The monoisotopic (exact) mass is 477 g/mol. The minimum atomic E-state index is -0.287. The second kappa shape index (κ2) is 8.02. The van der Waals surface area contributed by atoms with Crippen molar-refractivity contribution in [1.29, 1.82) is 0 Å². The zero-order valence-electron chi connectivity index (χ0n) is 18.4. The third-order valence-corrected chi connectivity index (χ3v) is 7.67. The fraction of sp³-hybridized carbons (Fsp3) is 0.240. The molecular formula is C25H21F2N5OS. The van der Waals surface area contributed by atoms with Crippen LogP contribution in [0.15, 0.2) is 48.7 Å². The Morgan fingerprint density at radius 1 is 1.06 bits per heavy atom. The molecule has 34 heavy (non-hydrogen) atoms. The van der Waals surface area contributed by atoms with Crippen LogP contribution in [0.3, 0.4) is 0 Å². The molecule has 1 aliphatic rings. The van der Waals surface area contributed by atoms with Crippen molar-refractivity contribution in [3.63, 3.8) is 0 Å². The first-order chi connectivity index (χ1) is 16.5. The number of fused-ring (bicyclic) bond motifs is 2. The van der Waals surface area contributed by atoms with Crippen molar-refractivity contribution in [2.24, 2.45) is 0 Å². The van der Waals surface area contributed by atoms with Crippen molar-refractivity contribution < 1.29 is 13.6 Å². The Morgan fingerprint density at radius 2 is 1.79 bits per heavy atom. The highest BCUT2D eigenvalue weighted by Crippen LogP contribution is 2.32. The average Bonchev–Trinajstić information content (AvgIpc) is 3.53. The third-order valence-electron chi connectivity index (χ3n) is 6.52. The second-order valence-corrected chi connectivity index (χ2v) is 9.63. The number of carbonyl (C=O) groups is 1. The summed E-state index contributed by atoms with van der Waals surface area (Å²) in [5.41, 5.74) is 3.89. The maximum atomic E-state index is 13.5. The number of piperidine rings is 1. The molecule has 0 radical (unpaired) electrons. The molecule has 0 aliphatic carbocycles. The number of aromatic nitrogens is 4. The van der Waals surface area contributed by atoms with Crippen LogP contribution in [-0.2, 0) is 0 Å². The van der Waals surface area contributed by atoms with E-state index in [2.05, 4.69) is 15.0 Å². The Labute approximate surface area is 197 Å². The Morgan fingerprint density at radius 3 is 2.53 bits per heavy atom. The molecule has 1 saturated heterocycles. The molecule has 0 spiro atoms. The Hall–Kier alpha value is -3.59. The molecule has 0 atom stereocenters. The summed E-state index contributed by atoms with van der Waals surface area (Å²) in [5, 5.41) is 0. The molecule has 172 valence electrons. The van der Waals surface area contributed by atoms with Crippen molar-refractivity contribution in [2.75, 3.05) is 13.1 Å². The maximum absolute atomic E-state index is 13.5. The molecule has 1 aliphatic heterocycles. The lowest BCUT2D eigenvalue weighted by molar-refractivity contribution is 0.0715. The van der Waals surface area contributed by atoms with Gasteiger partial charge < -0.3 is 9.88 Å². The number of aryl methyl sites for hydroxylation is 1. The fourth-order valence-corrected chi connectivity index (χ4v) is 5.68. The zero-order valence-corrected chi connectivity index (χ0v) is 19.2. The lowest BCUT2D eigenvalue weighted by Crippen LogP contribution is -2.38. The van der Waals surface area contributed by atoms with Crippen LogP contribution in [0.1, 0.15) is 39.9 Å². The smallest absolute Gasteiger partial charge is 0.265 e. The number of benzene rings is 2. The number of halogens is 2. The number of hydrogen-bond acceptors (Lipinski definition) is 4. The minimum absolute atomic E-state index is 0.0152. The number of hydrogen-bond donors (Lipinski definition) is 1. The molecule has 4 heterocycles. The van der Waals surface area contributed by atoms with Gasteiger partial charge >= 0.3 is 0 Å². The topological polar surface area (TPSA) is 66.3 Å². The van der Waals surface area contributed by atoms with Gasteiger partial charge in [-0.25, -0.2) is 18.7 Å². The maximum Gasteiger partial charge on any atom is 0.265 e. The summed E-state index contributed by atoms with van der Waals surface area (Å²) in [4.78, 5) is 29.1. The molecule has 5 aromatic rings. The number of aromatic amines is 1. The van der Waals surface area contributed by atoms with E-state index in [1.54, 1.807) is 18.2 Å². The number of imidazole rings is 2. The van der Waals surface area contributed by atoms with Crippen LogP contribution in [0.5, 0.6) is 0 Å². The number of nitrogens with one attached hydrogen (secondary N) is 1. The van der Waals surface area contributed by atoms with Gasteiger partial charge in [0.2, 0.25) is 0 Å². The van der Waals surface area contributed by atoms with E-state index in [0.717, 1.165) is 46.1 Å². The van der Waals surface area contributed by atoms with Crippen LogP contribution in [0.2, 0.25) is 0 Å². The van der Waals surface area contributed by atoms with Crippen LogP contribution in [0.4, 0.5) is 8.78 Å². The van der Waals surface area contributed by atoms with E-state index >= 15 is 0 Å². The molecule has 0 unspecified atom stereocenters. The van der Waals surface area contributed by atoms with Crippen LogP contribution in [0.25, 0.3) is 27.3 Å². The number of H-pyrrole nitrogens is 1. The summed E-state index contributed by atoms with van der Waals surface area (Å²) >= 11 is 1.38. The van der Waals surface area contributed by atoms with Gasteiger partial charge in [0.15, 0.2) is 4.96 Å². The van der Waals surface area contributed by atoms with Gasteiger partial charge in [-0.3, -0.25) is 9.20 Å². The highest BCUT2D eigenvalue weighted by molar-refractivity contribution is 7.19. The van der Waals surface area contributed by atoms with Gasteiger partial charge in [0.1, 0.15) is 22.3 Å². The van der Waals surface area contributed by atoms with Crippen molar-refractivity contribution in [3.8, 4) is 11.3 Å². The summed E-state index contributed by atoms with van der Waals surface area (Å²) in [6.07, 6.45) is 3.48. The third kappa shape index (κ3) is 3.56. The largest absolute Gasteiger partial charge is 0.342 e. The number of thiazole rings is 1. The molecule has 1 N–H and O–H groups in total. The Kier molecular flexibility index (Phi) is 4.95. The van der Waals surface area contributed by atoms with Crippen molar-refractivity contribution in [3.05, 3.63) is 76.7 Å². The minimum Gasteiger partial charge on any atom is -0.342 e. The highest BCUT2D eigenvalue weighted by Gasteiger charge is 2.29. The lowest BCUT2D eigenvalue weighted by atomic mass is 9.96. The highest BCUT2D eigenvalue weighted by atomic mass is 32.1. The summed E-state index contributed by atoms with van der Waals surface area (Å²) < 4.78 is 28.6. The first-order valence-electron chi connectivity index (χ1n) is 11.1. The molecule has 1 amide bonds. The van der Waals surface area contributed by atoms with Gasteiger partial charge in [-0.05, 0) is 62.2 Å². The van der Waals surface area contributed by atoms with Crippen molar-refractivity contribution >= 4 is 33.2 Å². The van der Waals surface area contributed by atoms with E-state index in [1.807, 2.05) is 22.4 Å². The Balaban J connectivity index is 1.18. The van der Waals surface area contributed by atoms with E-state index in [1.165, 1.54) is 35.6 Å². The lowest BCUT2D eigenvalue weighted by Gasteiger charge is -2.31. The molecule has 1 fully saturated rings. The van der Waals surface area contributed by atoms with Crippen LogP contribution in [-0.4, -0.2) is 43.2 Å². The van der Waals surface area contributed by atoms with Crippen LogP contribution < -0.4 is 0 Å². The number of rotatable bonds is 3. The number of likely N-dealkylation sites (tertiary alicyclic amines) is 1. The molecule has 0 bridgehead atoms. The second-order valence-electron chi connectivity index (χ2n) is 8.65. The first kappa shape index (κ1) is 21.0. The normalized spacial score (nSPS) is 15.0. The van der Waals surface area contributed by atoms with Crippen molar-refractivity contribution in [1.82, 2.24) is 24.3 Å². The molecule has 2 aromatic carbocycles. The summed E-state index contributed by atoms with van der Waals surface area (Å²) in [7, 11) is 0. The van der Waals surface area contributed by atoms with Crippen LogP contribution in [0, 0.1) is 18.6 Å². The van der Waals surface area contributed by atoms with Crippen molar-refractivity contribution in [2.45, 2.75) is 25.7 Å². The van der Waals surface area contributed by atoms with E-state index in [-0.39, 0.29) is 23.5 Å². The summed E-state index contributed by atoms with van der Waals surface area (Å²) in [6, 6.07) is 10.8. The van der Waals surface area contributed by atoms with E-state index in [0.29, 0.717) is 23.5 Å². The molecule has 6 nitrogen and oxygen atoms in total. The Bertz CT molecular complexity index is 1530. The average molecular weight is 478 g/mol. The van der Waals surface area contributed by atoms with Gasteiger partial charge in [0, 0.05) is 36.5 Å². The van der Waals surface area contributed by atoms with Gasteiger partial charge in [0.05, 0.1) is 16.7 Å². The quantitative estimate of drug-likeness (QED) is 0.371. The van der Waals surface area contributed by atoms with Crippen LogP contribution >= 0.6 is 11.3 Å². The standard InChI is InChI=1S/C25H21F2N5OS/c1-14-22(34-25-30-21(13-32(14)25)15-2-4-17(26)5-3-15)24(33)31-10-8-16(9-11-31)23-28-19-7-6-18(27)12-20(19)29-23/h2-7,12-13,16H,8-11H2,1H3,(H,28,29). The first-order valence-corrected chi connectivity index (χ1v) is 12.0. The molecule has 3 aromatic heterocycles. The number of carbonyl (C=O) groups excluding carboxylic acids is 1. The predicted octanol–water partition coefficient (Wildman–Crippen LogP) is 5.55. The van der Waals surface area contributed by atoms with E-state index in [9.17, 15) is 13.6 Å². The zero-order chi connectivity index (χ0) is 23.4. The molecule has 6 rings (SSSR count). The number of amides is 1. The summed E-state index contributed by atoms with van der Waals surface area (Å²) in [6.45, 7) is 3.19. The predicted molar refractivity (Wildman–Crippen MR) is 127 cm³/mol.